The average molecular weight is 1680 g/mol. The SMILES string of the molecule is CSS[C@@H](C)O[C@@H]1C[C@H](n2cc(C#CCNC(=O)COCCOC(COc3cccc(C(=O)NCCNC(=O)c4ccc(C(=O)O)c(C5=c6cc7c(cc6Oc6cc8c(cc65)C(CS(=O)(=O)O)=CC(C)(C)N8)=NC(C)(C)C=C7CS(=O)(=O)O)c4)c3)N=[N+]=[N-])c3c(N)ncnc32)O[C@@H]1COP(=O)(O)OP(=O)(O)OP(=O)(O)O. The van der Waals surface area contributed by atoms with Crippen molar-refractivity contribution in [1.82, 2.24) is 30.5 Å². The van der Waals surface area contributed by atoms with Gasteiger partial charge < -0.3 is 84.7 Å². The fraction of sp³-hybridized carbons (Fsp3) is 0.369. The number of carboxylic acids is 1. The molecular formula is C65H73N12O27P3S4. The Morgan fingerprint density at radius 1 is 0.865 bits per heavy atom. The van der Waals surface area contributed by atoms with E-state index >= 15 is 0 Å². The zero-order valence-corrected chi connectivity index (χ0v) is 65.3. The van der Waals surface area contributed by atoms with E-state index in [0.29, 0.717) is 22.2 Å². The molecule has 1 fully saturated rings. The number of ether oxygens (including phenoxy) is 6. The number of nitrogen functional groups attached to an aromatic ring is 1. The van der Waals surface area contributed by atoms with Crippen LogP contribution in [-0.2, 0) is 70.8 Å². The summed E-state index contributed by atoms with van der Waals surface area (Å²) < 4.78 is 155. The summed E-state index contributed by atoms with van der Waals surface area (Å²) in [6.45, 7) is 6.36. The van der Waals surface area contributed by atoms with Gasteiger partial charge in [-0.25, -0.2) is 28.5 Å². The highest BCUT2D eigenvalue weighted by molar-refractivity contribution is 8.76. The van der Waals surface area contributed by atoms with Crippen molar-refractivity contribution >= 4 is 128 Å². The van der Waals surface area contributed by atoms with Crippen molar-refractivity contribution in [3.05, 3.63) is 157 Å². The number of anilines is 2. The van der Waals surface area contributed by atoms with Crippen LogP contribution >= 0.6 is 45.1 Å². The molecule has 10 rings (SSSR count). The van der Waals surface area contributed by atoms with E-state index in [-0.39, 0.29) is 135 Å². The van der Waals surface area contributed by atoms with Crippen molar-refractivity contribution in [2.75, 3.05) is 81.5 Å². The maximum atomic E-state index is 14.1. The first-order valence-electron chi connectivity index (χ1n) is 32.9. The average Bonchev–Trinajstić information content (AvgIpc) is 1.04. The molecule has 0 spiro atoms. The molecule has 111 heavy (non-hydrogen) atoms. The van der Waals surface area contributed by atoms with Gasteiger partial charge in [0.25, 0.3) is 32.1 Å². The third kappa shape index (κ3) is 22.8. The van der Waals surface area contributed by atoms with E-state index in [1.54, 1.807) is 75.8 Å². The molecule has 0 radical (unpaired) electrons. The van der Waals surface area contributed by atoms with Crippen LogP contribution in [0.5, 0.6) is 17.2 Å². The number of aromatic carboxylic acids is 1. The van der Waals surface area contributed by atoms with E-state index in [0.717, 1.165) is 0 Å². The van der Waals surface area contributed by atoms with Gasteiger partial charge in [-0.15, -0.1) is 0 Å². The smallest absolute Gasteiger partial charge is 0.490 e. The Balaban J connectivity index is 0.727. The van der Waals surface area contributed by atoms with E-state index in [9.17, 15) is 79.2 Å². The Labute approximate surface area is 640 Å². The van der Waals surface area contributed by atoms with Crippen LogP contribution in [0.4, 0.5) is 11.5 Å². The molecular weight excluding hydrogens is 1600 g/mol. The minimum absolute atomic E-state index is 0.0245. The van der Waals surface area contributed by atoms with Gasteiger partial charge in [0.15, 0.2) is 6.23 Å². The monoisotopic (exact) mass is 1670 g/mol. The molecule has 3 amide bonds. The Morgan fingerprint density at radius 2 is 1.57 bits per heavy atom. The van der Waals surface area contributed by atoms with Gasteiger partial charge in [-0.1, -0.05) is 56.8 Å². The number of amides is 3. The molecule has 0 aliphatic carbocycles. The van der Waals surface area contributed by atoms with Crippen LogP contribution < -0.4 is 47.1 Å². The highest BCUT2D eigenvalue weighted by Gasteiger charge is 2.45. The molecule has 4 aromatic carbocycles. The molecule has 39 nitrogen and oxygen atoms in total. The minimum atomic E-state index is -5.81. The van der Waals surface area contributed by atoms with Gasteiger partial charge in [-0.05, 0) is 112 Å². The highest BCUT2D eigenvalue weighted by Crippen LogP contribution is 2.66. The van der Waals surface area contributed by atoms with Gasteiger partial charge in [0, 0.05) is 87.0 Å². The lowest BCUT2D eigenvalue weighted by Gasteiger charge is -2.34. The van der Waals surface area contributed by atoms with Crippen molar-refractivity contribution in [1.29, 1.82) is 0 Å². The molecule has 6 heterocycles. The summed E-state index contributed by atoms with van der Waals surface area (Å²) in [5, 5.41) is 26.5. The van der Waals surface area contributed by atoms with Gasteiger partial charge in [-0.2, -0.15) is 25.5 Å². The molecule has 7 atom stereocenters. The van der Waals surface area contributed by atoms with E-state index in [4.69, 9.17) is 53.5 Å². The first-order valence-corrected chi connectivity index (χ1v) is 43.2. The summed E-state index contributed by atoms with van der Waals surface area (Å²) in [4.78, 5) is 107. The zero-order chi connectivity index (χ0) is 80.8. The standard InChI is InChI=1S/C65H73N12O27P3S4/c1-35(109-108-6)100-52-25-56(102-53(52)29-99-106(86,87)104-107(88,89)103-105(83,84)85)77-28-38(57-59(66)71-34-72-60(57)77)10-8-14-68-54(78)30-96-17-18-97-55(75-76-67)31-98-41-11-7-9-36(19-41)61(79)69-15-16-70-62(80)37-12-13-42(63(81)82)45(20-37)58-46-21-43-39(32-110(90,91)92)26-64(2,3)73-48(43)23-50(46)101-51-24-49-44(22-47(51)58)40(33-111(93,94)95)27-65(4,5)74-49/h7,9,11-13,19-24,26-28,34-35,52-53,55-56,73H,14-18,25,29-33H2,1-6H3,(H,68,78)(H,69,79)(H,70,80)(H,81,82)(H,86,87)(H,88,89)(H2,66,71,72)(H2,83,84,85)(H,90,91,92)(H,93,94,95)/t35-,52+,53+,55?,56+/m0/s1. The van der Waals surface area contributed by atoms with E-state index in [1.807, 2.05) is 0 Å². The number of azide groups is 1. The molecule has 3 unspecified atom stereocenters. The van der Waals surface area contributed by atoms with Crippen LogP contribution in [0.1, 0.15) is 106 Å². The van der Waals surface area contributed by atoms with E-state index in [2.05, 4.69) is 61.7 Å². The molecule has 0 saturated carbocycles. The number of phosphoric ester groups is 1. The fourth-order valence-corrected chi connectivity index (χ4v) is 18.0. The van der Waals surface area contributed by atoms with E-state index < -0.39 is 133 Å². The van der Waals surface area contributed by atoms with Gasteiger partial charge >= 0.3 is 29.4 Å². The predicted octanol–water partition coefficient (Wildman–Crippen LogP) is 5.97. The number of carboxylic acid groups (broad SMARTS) is 1. The second kappa shape index (κ2) is 34.8. The fourth-order valence-electron chi connectivity index (χ4n) is 12.3. The molecule has 46 heteroatoms. The van der Waals surface area contributed by atoms with Crippen LogP contribution in [-0.4, -0.2) is 194 Å². The van der Waals surface area contributed by atoms with Crippen molar-refractivity contribution in [2.45, 2.75) is 82.2 Å². The normalized spacial score (nSPS) is 18.4. The largest absolute Gasteiger partial charge is 0.491 e. The van der Waals surface area contributed by atoms with Gasteiger partial charge in [0.1, 0.15) is 77.5 Å². The zero-order valence-electron chi connectivity index (χ0n) is 59.3. The molecule has 2 aromatic heterocycles. The quantitative estimate of drug-likeness (QED) is 0.00254. The van der Waals surface area contributed by atoms with Gasteiger partial charge in [0.2, 0.25) is 5.91 Å². The topological polar surface area (TPSA) is 578 Å². The summed E-state index contributed by atoms with van der Waals surface area (Å²) in [6, 6.07) is 16.0. The summed E-state index contributed by atoms with van der Waals surface area (Å²) in [5.41, 5.74) is 15.3. The molecule has 0 bridgehead atoms. The number of hydrogen-bond donors (Lipinski definition) is 12. The summed E-state index contributed by atoms with van der Waals surface area (Å²) in [7, 11) is -23.5. The maximum absolute atomic E-state index is 14.1. The second-order valence-electron chi connectivity index (χ2n) is 25.9. The number of aromatic nitrogens is 3. The number of carbonyl (C=O) groups excluding carboxylic acids is 3. The van der Waals surface area contributed by atoms with Crippen molar-refractivity contribution in [2.24, 2.45) is 10.1 Å². The third-order valence-electron chi connectivity index (χ3n) is 16.3. The van der Waals surface area contributed by atoms with Crippen molar-refractivity contribution in [3.63, 3.8) is 0 Å². The second-order valence-corrected chi connectivity index (χ2v) is 36.0. The number of nitrogens with two attached hydrogens (primary N) is 1. The lowest BCUT2D eigenvalue weighted by Crippen LogP contribution is -2.35. The Hall–Kier alpha value is -8.63. The van der Waals surface area contributed by atoms with Crippen LogP contribution in [0.2, 0.25) is 0 Å². The van der Waals surface area contributed by atoms with Crippen LogP contribution in [0.15, 0.2) is 102 Å². The number of nitrogens with one attached hydrogen (secondary N) is 4. The predicted molar refractivity (Wildman–Crippen MR) is 401 cm³/mol. The first-order chi connectivity index (χ1) is 52.0. The number of nitrogens with zero attached hydrogens (tertiary/aromatic N) is 7. The lowest BCUT2D eigenvalue weighted by atomic mass is 9.84. The molecule has 594 valence electrons. The number of rotatable bonds is 34. The van der Waals surface area contributed by atoms with Gasteiger partial charge in [-0.3, -0.25) is 33.0 Å². The number of phosphoric acid groups is 3. The number of fused-ring (bicyclic) bond motifs is 5. The Kier molecular flexibility index (Phi) is 26.6. The molecule has 4 aliphatic heterocycles. The van der Waals surface area contributed by atoms with Crippen molar-refractivity contribution in [3.8, 4) is 29.1 Å². The Morgan fingerprint density at radius 3 is 2.24 bits per heavy atom. The van der Waals surface area contributed by atoms with Crippen LogP contribution in [0.3, 0.4) is 0 Å². The molecule has 6 aromatic rings. The number of benzene rings is 4. The van der Waals surface area contributed by atoms with Crippen molar-refractivity contribution < 1.29 is 125 Å². The van der Waals surface area contributed by atoms with Gasteiger partial charge in [0.05, 0.1) is 65.4 Å². The maximum Gasteiger partial charge on any atom is 0.490 e. The lowest BCUT2D eigenvalue weighted by molar-refractivity contribution is -0.126. The minimum Gasteiger partial charge on any atom is -0.491 e. The summed E-state index contributed by atoms with van der Waals surface area (Å²) >= 11 is 0. The number of hydrogen-bond acceptors (Lipinski definition) is 28. The molecule has 13 N–H and O–H groups in total. The molecule has 1 saturated heterocycles. The highest BCUT2D eigenvalue weighted by atomic mass is 33.1. The summed E-state index contributed by atoms with van der Waals surface area (Å²) in [6.07, 6.45) is 3.59. The van der Waals surface area contributed by atoms with Crippen LogP contribution in [0, 0.1) is 11.8 Å². The van der Waals surface area contributed by atoms with Crippen LogP contribution in [0.25, 0.3) is 38.2 Å². The first kappa shape index (κ1) is 84.8. The number of carbonyl (C=O) groups is 4. The Bertz CT molecular complexity index is 5420. The van der Waals surface area contributed by atoms with E-state index in [1.165, 1.54) is 82.6 Å². The molecule has 4 aliphatic rings. The summed E-state index contributed by atoms with van der Waals surface area (Å²) in [5.74, 6) is 1.32. The third-order valence-corrected chi connectivity index (χ3v) is 23.5.